The Morgan fingerprint density at radius 2 is 1.96 bits per heavy atom. The second kappa shape index (κ2) is 5.44. The van der Waals surface area contributed by atoms with Crippen molar-refractivity contribution in [3.05, 3.63) is 64.0 Å². The molecule has 0 amide bonds. The fourth-order valence-electron chi connectivity index (χ4n) is 4.55. The number of fused-ring (bicyclic) bond motifs is 1. The highest BCUT2D eigenvalue weighted by Crippen LogP contribution is 2.47. The number of aryl methyl sites for hydroxylation is 1. The van der Waals surface area contributed by atoms with Crippen LogP contribution >= 0.6 is 0 Å². The molecular formula is C21H24N2O. The number of carbonyl (C=O) groups is 1. The van der Waals surface area contributed by atoms with E-state index in [2.05, 4.69) is 55.2 Å². The number of Topliss-reactive ketones (excluding diaryl/α,β-unsaturated/α-hetero) is 1. The smallest absolute Gasteiger partial charge is 0.160 e. The molecule has 0 bridgehead atoms. The SMILES string of the molecule is Cc1[nH]nc2c1C(Cc1ccccc1)C1=C(C2)CC(C)(C)CC1=O. The second-order valence-electron chi connectivity index (χ2n) is 8.09. The second-order valence-corrected chi connectivity index (χ2v) is 8.09. The lowest BCUT2D eigenvalue weighted by atomic mass is 9.65. The molecular weight excluding hydrogens is 296 g/mol. The summed E-state index contributed by atoms with van der Waals surface area (Å²) in [6.45, 7) is 6.48. The number of benzene rings is 1. The molecule has 0 fully saturated rings. The van der Waals surface area contributed by atoms with Gasteiger partial charge in [-0.15, -0.1) is 0 Å². The largest absolute Gasteiger partial charge is 0.295 e. The normalized spacial score (nSPS) is 22.3. The molecule has 1 heterocycles. The van der Waals surface area contributed by atoms with E-state index in [1.165, 1.54) is 16.7 Å². The Bertz CT molecular complexity index is 827. The monoisotopic (exact) mass is 320 g/mol. The van der Waals surface area contributed by atoms with Crippen LogP contribution in [0.4, 0.5) is 0 Å². The zero-order chi connectivity index (χ0) is 16.9. The van der Waals surface area contributed by atoms with Crippen molar-refractivity contribution in [1.82, 2.24) is 10.2 Å². The van der Waals surface area contributed by atoms with E-state index in [1.807, 2.05) is 6.07 Å². The van der Waals surface area contributed by atoms with Crippen molar-refractivity contribution in [1.29, 1.82) is 0 Å². The average molecular weight is 320 g/mol. The van der Waals surface area contributed by atoms with Crippen LogP contribution in [0.5, 0.6) is 0 Å². The Morgan fingerprint density at radius 3 is 2.71 bits per heavy atom. The Hall–Kier alpha value is -2.16. The maximum atomic E-state index is 13.0. The molecule has 1 N–H and O–H groups in total. The summed E-state index contributed by atoms with van der Waals surface area (Å²) in [6, 6.07) is 10.5. The van der Waals surface area contributed by atoms with Gasteiger partial charge in [0.25, 0.3) is 0 Å². The molecule has 4 rings (SSSR count). The predicted octanol–water partition coefficient (Wildman–Crippen LogP) is 4.29. The lowest BCUT2D eigenvalue weighted by Gasteiger charge is -2.38. The number of nitrogens with zero attached hydrogens (tertiary/aromatic N) is 1. The van der Waals surface area contributed by atoms with Crippen molar-refractivity contribution in [3.63, 3.8) is 0 Å². The highest BCUT2D eigenvalue weighted by molar-refractivity contribution is 5.99. The van der Waals surface area contributed by atoms with Gasteiger partial charge in [0, 0.05) is 35.6 Å². The summed E-state index contributed by atoms with van der Waals surface area (Å²) < 4.78 is 0. The Kier molecular flexibility index (Phi) is 3.48. The van der Waals surface area contributed by atoms with Gasteiger partial charge in [-0.25, -0.2) is 0 Å². The van der Waals surface area contributed by atoms with Gasteiger partial charge in [-0.2, -0.15) is 5.10 Å². The fourth-order valence-corrected chi connectivity index (χ4v) is 4.55. The van der Waals surface area contributed by atoms with E-state index in [9.17, 15) is 4.79 Å². The molecule has 124 valence electrons. The van der Waals surface area contributed by atoms with Crippen LogP contribution in [0.2, 0.25) is 0 Å². The minimum absolute atomic E-state index is 0.0655. The summed E-state index contributed by atoms with van der Waals surface area (Å²) in [5.41, 5.74) is 7.24. The van der Waals surface area contributed by atoms with Gasteiger partial charge in [-0.3, -0.25) is 9.89 Å². The number of H-pyrrole nitrogens is 1. The zero-order valence-electron chi connectivity index (χ0n) is 14.6. The van der Waals surface area contributed by atoms with Crippen molar-refractivity contribution in [2.75, 3.05) is 0 Å². The number of nitrogens with one attached hydrogen (secondary N) is 1. The minimum Gasteiger partial charge on any atom is -0.295 e. The van der Waals surface area contributed by atoms with Crippen LogP contribution < -0.4 is 0 Å². The summed E-state index contributed by atoms with van der Waals surface area (Å²) in [6.07, 6.45) is 3.36. The lowest BCUT2D eigenvalue weighted by Crippen LogP contribution is -2.32. The van der Waals surface area contributed by atoms with Crippen LogP contribution in [-0.2, 0) is 17.6 Å². The van der Waals surface area contributed by atoms with Crippen LogP contribution in [0.1, 0.15) is 55.1 Å². The molecule has 1 unspecified atom stereocenters. The maximum Gasteiger partial charge on any atom is 0.160 e. The van der Waals surface area contributed by atoms with E-state index in [4.69, 9.17) is 0 Å². The predicted molar refractivity (Wildman–Crippen MR) is 95.0 cm³/mol. The minimum atomic E-state index is 0.0655. The van der Waals surface area contributed by atoms with Gasteiger partial charge in [0.2, 0.25) is 0 Å². The number of allylic oxidation sites excluding steroid dienone is 2. The molecule has 2 aromatic rings. The first-order valence-electron chi connectivity index (χ1n) is 8.77. The molecule has 2 aliphatic rings. The first kappa shape index (κ1) is 15.4. The number of hydrogen-bond acceptors (Lipinski definition) is 2. The van der Waals surface area contributed by atoms with Crippen LogP contribution in [0.15, 0.2) is 41.5 Å². The van der Waals surface area contributed by atoms with Gasteiger partial charge < -0.3 is 0 Å². The molecule has 0 spiro atoms. The number of aromatic amines is 1. The Labute approximate surface area is 143 Å². The third-order valence-corrected chi connectivity index (χ3v) is 5.45. The van der Waals surface area contributed by atoms with Crippen molar-refractivity contribution >= 4 is 5.78 Å². The third kappa shape index (κ3) is 2.52. The highest BCUT2D eigenvalue weighted by Gasteiger charge is 2.41. The number of aromatic nitrogens is 2. The van der Waals surface area contributed by atoms with Gasteiger partial charge >= 0.3 is 0 Å². The molecule has 0 aliphatic heterocycles. The molecule has 1 aromatic carbocycles. The molecule has 0 saturated heterocycles. The number of hydrogen-bond donors (Lipinski definition) is 1. The highest BCUT2D eigenvalue weighted by atomic mass is 16.1. The number of rotatable bonds is 2. The first-order valence-corrected chi connectivity index (χ1v) is 8.77. The van der Waals surface area contributed by atoms with Crippen LogP contribution in [0, 0.1) is 12.3 Å². The summed E-state index contributed by atoms with van der Waals surface area (Å²) in [5.74, 6) is 0.488. The van der Waals surface area contributed by atoms with Crippen molar-refractivity contribution in [2.24, 2.45) is 5.41 Å². The summed E-state index contributed by atoms with van der Waals surface area (Å²) in [7, 11) is 0. The van der Waals surface area contributed by atoms with E-state index >= 15 is 0 Å². The van der Waals surface area contributed by atoms with Crippen molar-refractivity contribution < 1.29 is 4.79 Å². The van der Waals surface area contributed by atoms with E-state index in [0.29, 0.717) is 12.2 Å². The lowest BCUT2D eigenvalue weighted by molar-refractivity contribution is -0.118. The molecule has 0 saturated carbocycles. The van der Waals surface area contributed by atoms with E-state index in [0.717, 1.165) is 36.2 Å². The third-order valence-electron chi connectivity index (χ3n) is 5.45. The maximum absolute atomic E-state index is 13.0. The standard InChI is InChI=1S/C21H24N2O/c1-13-19-16(9-14-7-5-4-6-8-14)20-15(10-17(19)23-22-13)11-21(2,3)12-18(20)24/h4-8,16H,9-12H2,1-3H3,(H,22,23). The Morgan fingerprint density at radius 1 is 1.21 bits per heavy atom. The molecule has 0 radical (unpaired) electrons. The van der Waals surface area contributed by atoms with E-state index in [-0.39, 0.29) is 11.3 Å². The summed E-state index contributed by atoms with van der Waals surface area (Å²) >= 11 is 0. The first-order chi connectivity index (χ1) is 11.4. The van der Waals surface area contributed by atoms with E-state index in [1.54, 1.807) is 0 Å². The summed E-state index contributed by atoms with van der Waals surface area (Å²) in [4.78, 5) is 13.0. The molecule has 2 aliphatic carbocycles. The quantitative estimate of drug-likeness (QED) is 0.897. The molecule has 1 aromatic heterocycles. The van der Waals surface area contributed by atoms with Gasteiger partial charge in [-0.05, 0) is 30.7 Å². The van der Waals surface area contributed by atoms with Gasteiger partial charge in [0.15, 0.2) is 5.78 Å². The molecule has 3 nitrogen and oxygen atoms in total. The number of carbonyl (C=O) groups excluding carboxylic acids is 1. The number of ketones is 1. The van der Waals surface area contributed by atoms with Crippen molar-refractivity contribution in [3.8, 4) is 0 Å². The molecule has 3 heteroatoms. The molecule has 1 atom stereocenters. The fraction of sp³-hybridized carbons (Fsp3) is 0.429. The van der Waals surface area contributed by atoms with E-state index < -0.39 is 0 Å². The van der Waals surface area contributed by atoms with Crippen LogP contribution in [0.3, 0.4) is 0 Å². The average Bonchev–Trinajstić information content (AvgIpc) is 2.87. The van der Waals surface area contributed by atoms with Crippen LogP contribution in [-0.4, -0.2) is 16.0 Å². The van der Waals surface area contributed by atoms with Gasteiger partial charge in [-0.1, -0.05) is 49.8 Å². The van der Waals surface area contributed by atoms with Gasteiger partial charge in [0.1, 0.15) is 0 Å². The summed E-state index contributed by atoms with van der Waals surface area (Å²) in [5, 5.41) is 7.69. The zero-order valence-corrected chi connectivity index (χ0v) is 14.6. The van der Waals surface area contributed by atoms with Gasteiger partial charge in [0.05, 0.1) is 5.69 Å². The van der Waals surface area contributed by atoms with Crippen LogP contribution in [0.25, 0.3) is 0 Å². The molecule has 24 heavy (non-hydrogen) atoms. The van der Waals surface area contributed by atoms with Crippen molar-refractivity contribution in [2.45, 2.75) is 52.4 Å². The topological polar surface area (TPSA) is 45.8 Å². The Balaban J connectivity index is 1.82.